The maximum Gasteiger partial charge on any atom is 0.160 e. The van der Waals surface area contributed by atoms with Gasteiger partial charge in [0.15, 0.2) is 5.82 Å². The number of rotatable bonds is 10. The van der Waals surface area contributed by atoms with Gasteiger partial charge in [0.25, 0.3) is 0 Å². The van der Waals surface area contributed by atoms with Crippen LogP contribution >= 0.6 is 11.3 Å². The molecule has 11 heteroatoms. The first-order chi connectivity index (χ1) is 72.2. The minimum Gasteiger partial charge on any atom is -0.457 e. The summed E-state index contributed by atoms with van der Waals surface area (Å²) in [6, 6.07) is 159. The molecule has 0 spiro atoms. The first-order valence-electron chi connectivity index (χ1n) is 50.6. The summed E-state index contributed by atoms with van der Waals surface area (Å²) in [5.41, 5.74) is 36.9. The van der Waals surface area contributed by atoms with E-state index in [-0.39, 0.29) is 16.2 Å². The number of pyridine rings is 3. The number of hydrogen-bond donors (Lipinski definition) is 0. The maximum absolute atomic E-state index is 6.89. The molecule has 0 amide bonds. The summed E-state index contributed by atoms with van der Waals surface area (Å²) in [5.74, 6) is 1.72. The highest BCUT2D eigenvalue weighted by Crippen LogP contribution is 2.58. The topological polar surface area (TPSA) is 97.3 Å². The average Bonchev–Trinajstić information content (AvgIpc) is 1.51. The molecule has 10 aromatic heterocycles. The predicted octanol–water partition coefficient (Wildman–Crippen LogP) is 35.6. The molecule has 3 aliphatic heterocycles. The number of nitrogens with zero attached hydrogens (tertiary/aromatic N) is 9. The summed E-state index contributed by atoms with van der Waals surface area (Å²) in [7, 11) is 0. The molecule has 13 heterocycles. The highest BCUT2D eigenvalue weighted by Gasteiger charge is 2.44. The Morgan fingerprint density at radius 2 is 0.646 bits per heavy atom. The zero-order valence-electron chi connectivity index (χ0n) is 81.6. The van der Waals surface area contributed by atoms with E-state index in [0.29, 0.717) is 5.82 Å². The summed E-state index contributed by atoms with van der Waals surface area (Å²) in [5, 5.41) is 18.7. The van der Waals surface area contributed by atoms with E-state index in [9.17, 15) is 0 Å². The number of furan rings is 1. The lowest BCUT2D eigenvalue weighted by atomic mass is 9.77. The Labute approximate surface area is 852 Å². The normalized spacial score (nSPS) is 13.4. The molecule has 694 valence electrons. The van der Waals surface area contributed by atoms with Crippen molar-refractivity contribution in [2.75, 3.05) is 0 Å². The van der Waals surface area contributed by atoms with Gasteiger partial charge in [-0.25, -0.2) is 15.0 Å². The van der Waals surface area contributed by atoms with Crippen LogP contribution in [0.4, 0.5) is 0 Å². The number of hydrogen-bond acceptors (Lipinski definition) is 7. The fourth-order valence-electron chi connectivity index (χ4n) is 24.3. The van der Waals surface area contributed by atoms with Crippen LogP contribution in [0.3, 0.4) is 0 Å². The first kappa shape index (κ1) is 85.5. The maximum atomic E-state index is 6.89. The number of aromatic nitrogens is 9. The van der Waals surface area contributed by atoms with E-state index in [4.69, 9.17) is 29.3 Å². The molecule has 31 rings (SSSR count). The number of fused-ring (bicyclic) bond motifs is 27. The van der Waals surface area contributed by atoms with E-state index in [1.165, 1.54) is 163 Å². The largest absolute Gasteiger partial charge is 0.457 e. The van der Waals surface area contributed by atoms with Crippen molar-refractivity contribution < 1.29 is 4.42 Å². The molecule has 147 heavy (non-hydrogen) atoms. The highest BCUT2D eigenvalue weighted by molar-refractivity contribution is 7.20. The standard InChI is InChI=1S/C49H34N4.C44H30N2S.C43H29N3O/c1-49(2)41-18-12-17-38-40-30-32(33-27-34(42-19-8-10-25-50-42)29-35(28-33)43-20-9-11-26-51-43)22-24-44(40)53(46(38)41)47-39-23-21-31-13-6-7-16-37(31)45(39)52(48(47)49)36-14-4-3-5-15-36;1-44(2)36-19-11-18-33-35-24-30(38-26-31(27-12-5-3-6-13-27)25-37(45-38)29-15-7-4-8-16-29)21-23-39(35)46(40(33)36)41-34-22-20-28-14-9-10-17-32(28)42(34)47-43(41)44;1-43(2)34-19-11-18-31-33-24-29(36-25-35(27-13-5-3-6-14-27)44-42(45-36)28-15-7-4-8-16-28)21-23-37(33)46(38(31)34)39-32-22-20-26-12-9-10-17-30(26)40(32)47-41(39)43/h3-30H,1-2H3;3-26H,1-2H3;3-25H,1-2H3. The van der Waals surface area contributed by atoms with E-state index in [2.05, 4.69) is 454 Å². The molecule has 0 atom stereocenters. The van der Waals surface area contributed by atoms with Gasteiger partial charge in [0, 0.05) is 137 Å². The fraction of sp³-hybridized carbons (Fsp3) is 0.0662. The van der Waals surface area contributed by atoms with Crippen LogP contribution in [0.1, 0.15) is 74.6 Å². The van der Waals surface area contributed by atoms with E-state index >= 15 is 0 Å². The SMILES string of the molecule is CC1(C)c2cccc3c4cc(-c5cc(-c6ccccn6)cc(-c6ccccn6)c5)ccc4n(c23)-c2c1n(-c1ccccc1)c1c2ccc2ccccc21.CC1(C)c2oc3c(ccc4ccccc43)c2-n2c3ccc(-c4cc(-c5ccccc5)nc(-c5ccccc5)n4)cc3c3cccc1c32.CC1(C)c2sc3c(ccc4ccccc43)c2-n2c3ccc(-c4cc(-c5ccccc5)cc(-c5ccccc5)n4)cc3c3cccc1c32. The van der Waals surface area contributed by atoms with Gasteiger partial charge in [-0.05, 0) is 190 Å². The lowest BCUT2D eigenvalue weighted by molar-refractivity contribution is 0.449. The Balaban J connectivity index is 0.000000104. The Morgan fingerprint density at radius 3 is 1.21 bits per heavy atom. The van der Waals surface area contributed by atoms with Gasteiger partial charge < -0.3 is 22.7 Å². The Morgan fingerprint density at radius 1 is 0.231 bits per heavy atom. The molecule has 0 N–H and O–H groups in total. The van der Waals surface area contributed by atoms with Crippen molar-refractivity contribution in [1.82, 2.24) is 43.2 Å². The minimum atomic E-state index is -0.315. The van der Waals surface area contributed by atoms with Gasteiger partial charge in [-0.3, -0.25) is 9.97 Å². The Bertz CT molecular complexity index is 9770. The van der Waals surface area contributed by atoms with Gasteiger partial charge in [0.1, 0.15) is 11.3 Å². The molecule has 0 saturated carbocycles. The third-order valence-electron chi connectivity index (χ3n) is 31.3. The lowest BCUT2D eigenvalue weighted by Gasteiger charge is -2.34. The van der Waals surface area contributed by atoms with Gasteiger partial charge in [-0.2, -0.15) is 0 Å². The second kappa shape index (κ2) is 32.9. The van der Waals surface area contributed by atoms with Crippen LogP contribution < -0.4 is 0 Å². The van der Waals surface area contributed by atoms with E-state index in [0.717, 1.165) is 118 Å². The van der Waals surface area contributed by atoms with Crippen molar-refractivity contribution in [1.29, 1.82) is 0 Å². The average molecular weight is 1900 g/mol. The van der Waals surface area contributed by atoms with Crippen LogP contribution in [0.5, 0.6) is 0 Å². The first-order valence-corrected chi connectivity index (χ1v) is 51.4. The number of benzene rings is 18. The third kappa shape index (κ3) is 13.2. The van der Waals surface area contributed by atoms with Crippen molar-refractivity contribution in [3.05, 3.63) is 488 Å². The molecule has 28 aromatic rings. The van der Waals surface area contributed by atoms with E-state index in [1.54, 1.807) is 0 Å². The van der Waals surface area contributed by atoms with Gasteiger partial charge in [-0.1, -0.05) is 355 Å². The van der Waals surface area contributed by atoms with Gasteiger partial charge in [0.2, 0.25) is 0 Å². The van der Waals surface area contributed by atoms with Crippen molar-refractivity contribution in [3.63, 3.8) is 0 Å². The fourth-order valence-corrected chi connectivity index (χ4v) is 25.8. The quantitative estimate of drug-likeness (QED) is 0.135. The summed E-state index contributed by atoms with van der Waals surface area (Å²) in [6.07, 6.45) is 3.71. The molecule has 10 nitrogen and oxygen atoms in total. The molecule has 0 radical (unpaired) electrons. The second-order valence-electron chi connectivity index (χ2n) is 40.9. The van der Waals surface area contributed by atoms with E-state index in [1.807, 2.05) is 72.3 Å². The smallest absolute Gasteiger partial charge is 0.160 e. The third-order valence-corrected chi connectivity index (χ3v) is 32.9. The van der Waals surface area contributed by atoms with Crippen molar-refractivity contribution in [3.8, 4) is 124 Å². The lowest BCUT2D eigenvalue weighted by Crippen LogP contribution is -2.28. The van der Waals surface area contributed by atoms with Crippen molar-refractivity contribution >= 4 is 141 Å². The number of para-hydroxylation sites is 4. The van der Waals surface area contributed by atoms with Crippen LogP contribution in [-0.2, 0) is 16.2 Å². The summed E-state index contributed by atoms with van der Waals surface area (Å²) in [4.78, 5) is 26.3. The molecule has 0 bridgehead atoms. The van der Waals surface area contributed by atoms with Crippen LogP contribution in [0, 0.1) is 0 Å². The summed E-state index contributed by atoms with van der Waals surface area (Å²) in [6.45, 7) is 14.2. The van der Waals surface area contributed by atoms with Gasteiger partial charge in [0.05, 0.1) is 101 Å². The van der Waals surface area contributed by atoms with Crippen LogP contribution in [0.25, 0.3) is 254 Å². The van der Waals surface area contributed by atoms with Crippen molar-refractivity contribution in [2.45, 2.75) is 57.8 Å². The molecular weight excluding hydrogens is 1810 g/mol. The van der Waals surface area contributed by atoms with Crippen LogP contribution in [0.2, 0.25) is 0 Å². The van der Waals surface area contributed by atoms with E-state index < -0.39 is 0 Å². The molecule has 3 aliphatic rings. The molecule has 0 aliphatic carbocycles. The second-order valence-corrected chi connectivity index (χ2v) is 41.9. The monoisotopic (exact) mass is 1900 g/mol. The van der Waals surface area contributed by atoms with Crippen LogP contribution in [0.15, 0.2) is 460 Å². The summed E-state index contributed by atoms with van der Waals surface area (Å²) < 4.78 is 18.4. The molecule has 0 fully saturated rings. The van der Waals surface area contributed by atoms with Crippen molar-refractivity contribution in [2.24, 2.45) is 0 Å². The molecule has 0 unspecified atom stereocenters. The minimum absolute atomic E-state index is 0.122. The molecular formula is C136H93N9OS. The zero-order valence-corrected chi connectivity index (χ0v) is 82.5. The van der Waals surface area contributed by atoms with Crippen LogP contribution in [-0.4, -0.2) is 43.2 Å². The number of thiophene rings is 1. The van der Waals surface area contributed by atoms with Gasteiger partial charge in [-0.15, -0.1) is 11.3 Å². The Hall–Kier alpha value is -18.3. The predicted molar refractivity (Wildman–Crippen MR) is 611 cm³/mol. The van der Waals surface area contributed by atoms with Gasteiger partial charge >= 0.3 is 0 Å². The Kier molecular flexibility index (Phi) is 19.1. The molecule has 18 aromatic carbocycles. The molecule has 0 saturated heterocycles. The summed E-state index contributed by atoms with van der Waals surface area (Å²) >= 11 is 1.96. The zero-order chi connectivity index (χ0) is 97.8. The highest BCUT2D eigenvalue weighted by atomic mass is 32.1.